The summed E-state index contributed by atoms with van der Waals surface area (Å²) in [5.41, 5.74) is 6.14. The van der Waals surface area contributed by atoms with Crippen molar-refractivity contribution in [2.24, 2.45) is 0 Å². The average molecular weight is 447 g/mol. The number of anilines is 1. The number of piperazine rings is 1. The molecule has 5 rings (SSSR count). The normalized spacial score (nSPS) is 16.5. The Morgan fingerprint density at radius 2 is 1.73 bits per heavy atom. The quantitative estimate of drug-likeness (QED) is 0.569. The maximum atomic E-state index is 13.9. The van der Waals surface area contributed by atoms with Crippen LogP contribution in [0.1, 0.15) is 46.6 Å². The highest BCUT2D eigenvalue weighted by Crippen LogP contribution is 2.29. The molecule has 6 heteroatoms. The van der Waals surface area contributed by atoms with Crippen molar-refractivity contribution in [2.75, 3.05) is 31.1 Å². The number of benzene rings is 2. The molecule has 1 saturated heterocycles. The molecule has 33 heavy (non-hydrogen) atoms. The summed E-state index contributed by atoms with van der Waals surface area (Å²) in [5, 5.41) is 0. The number of aromatic nitrogens is 2. The van der Waals surface area contributed by atoms with Gasteiger partial charge in [-0.05, 0) is 62.4 Å². The fourth-order valence-corrected chi connectivity index (χ4v) is 5.12. The summed E-state index contributed by atoms with van der Waals surface area (Å²) in [5.74, 6) is 0.432. The zero-order chi connectivity index (χ0) is 22.9. The molecule has 0 aliphatic carbocycles. The second-order valence-corrected chi connectivity index (χ2v) is 9.20. The second kappa shape index (κ2) is 9.00. The molecule has 0 N–H and O–H groups in total. The summed E-state index contributed by atoms with van der Waals surface area (Å²) in [7, 11) is 0. The maximum absolute atomic E-state index is 13.9. The highest BCUT2D eigenvalue weighted by molar-refractivity contribution is 5.94. The van der Waals surface area contributed by atoms with Crippen molar-refractivity contribution in [2.45, 2.75) is 46.1 Å². The topological polar surface area (TPSA) is 41.4 Å². The number of rotatable bonds is 3. The number of imidazole rings is 1. The Labute approximate surface area is 194 Å². The van der Waals surface area contributed by atoms with E-state index in [1.165, 1.54) is 28.9 Å². The van der Waals surface area contributed by atoms with Gasteiger partial charge in [0.05, 0.1) is 5.69 Å². The van der Waals surface area contributed by atoms with Crippen molar-refractivity contribution < 1.29 is 9.18 Å². The molecule has 1 fully saturated rings. The summed E-state index contributed by atoms with van der Waals surface area (Å²) >= 11 is 0. The van der Waals surface area contributed by atoms with Crippen LogP contribution in [0.2, 0.25) is 0 Å². The minimum Gasteiger partial charge on any atom is -0.368 e. The van der Waals surface area contributed by atoms with E-state index in [-0.39, 0.29) is 11.7 Å². The summed E-state index contributed by atoms with van der Waals surface area (Å²) in [6.45, 7) is 8.09. The van der Waals surface area contributed by atoms with Crippen molar-refractivity contribution in [1.29, 1.82) is 0 Å². The van der Waals surface area contributed by atoms with Gasteiger partial charge in [-0.1, -0.05) is 30.7 Å². The van der Waals surface area contributed by atoms with Crippen LogP contribution >= 0.6 is 0 Å². The van der Waals surface area contributed by atoms with Crippen LogP contribution in [0.3, 0.4) is 0 Å². The molecule has 5 nitrogen and oxygen atoms in total. The number of amides is 1. The zero-order valence-electron chi connectivity index (χ0n) is 19.5. The van der Waals surface area contributed by atoms with Crippen molar-refractivity contribution in [3.8, 4) is 11.4 Å². The van der Waals surface area contributed by atoms with Crippen LogP contribution in [0.15, 0.2) is 42.5 Å². The van der Waals surface area contributed by atoms with Crippen molar-refractivity contribution in [3.05, 3.63) is 70.8 Å². The number of halogens is 1. The van der Waals surface area contributed by atoms with E-state index in [9.17, 15) is 9.18 Å². The van der Waals surface area contributed by atoms with Crippen LogP contribution in [-0.4, -0.2) is 46.5 Å². The standard InChI is InChI=1S/C27H31FN4O/c1-19-8-6-12-23(20(19)2)30-14-16-31(17-15-30)27(33)25-24-11-4-3-5-13-32(24)26(29-25)21-9-7-10-22(28)18-21/h6-10,12,18H,3-5,11,13-17H2,1-2H3. The number of carbonyl (C=O) groups excluding carboxylic acids is 1. The van der Waals surface area contributed by atoms with Crippen LogP contribution in [0, 0.1) is 19.7 Å². The molecule has 1 aromatic heterocycles. The highest BCUT2D eigenvalue weighted by atomic mass is 19.1. The molecule has 2 aliphatic rings. The molecule has 0 bridgehead atoms. The minimum atomic E-state index is -0.283. The van der Waals surface area contributed by atoms with Gasteiger partial charge in [0.15, 0.2) is 0 Å². The third kappa shape index (κ3) is 4.14. The van der Waals surface area contributed by atoms with Crippen molar-refractivity contribution >= 4 is 11.6 Å². The second-order valence-electron chi connectivity index (χ2n) is 9.20. The maximum Gasteiger partial charge on any atom is 0.274 e. The van der Waals surface area contributed by atoms with E-state index in [1.54, 1.807) is 6.07 Å². The Morgan fingerprint density at radius 3 is 2.52 bits per heavy atom. The van der Waals surface area contributed by atoms with Gasteiger partial charge in [0.2, 0.25) is 0 Å². The third-order valence-corrected chi connectivity index (χ3v) is 7.14. The van der Waals surface area contributed by atoms with Gasteiger partial charge in [-0.15, -0.1) is 0 Å². The largest absolute Gasteiger partial charge is 0.368 e. The molecule has 0 unspecified atom stereocenters. The Bertz CT molecular complexity index is 1180. The summed E-state index contributed by atoms with van der Waals surface area (Å²) in [6.07, 6.45) is 4.07. The van der Waals surface area contributed by atoms with Crippen molar-refractivity contribution in [3.63, 3.8) is 0 Å². The number of carbonyl (C=O) groups is 1. The lowest BCUT2D eigenvalue weighted by Gasteiger charge is -2.37. The predicted octanol–water partition coefficient (Wildman–Crippen LogP) is 4.99. The molecule has 2 aromatic carbocycles. The lowest BCUT2D eigenvalue weighted by Crippen LogP contribution is -2.49. The smallest absolute Gasteiger partial charge is 0.274 e. The van der Waals surface area contributed by atoms with Gasteiger partial charge < -0.3 is 14.4 Å². The van der Waals surface area contributed by atoms with E-state index >= 15 is 0 Å². The molecule has 3 aromatic rings. The molecule has 0 saturated carbocycles. The molecule has 172 valence electrons. The third-order valence-electron chi connectivity index (χ3n) is 7.14. The van der Waals surface area contributed by atoms with E-state index < -0.39 is 0 Å². The molecule has 3 heterocycles. The molecular weight excluding hydrogens is 415 g/mol. The van der Waals surface area contributed by atoms with Gasteiger partial charge in [0.25, 0.3) is 5.91 Å². The van der Waals surface area contributed by atoms with E-state index in [0.717, 1.165) is 56.6 Å². The predicted molar refractivity (Wildman–Crippen MR) is 129 cm³/mol. The molecular formula is C27H31FN4O. The summed E-state index contributed by atoms with van der Waals surface area (Å²) in [6, 6.07) is 12.9. The Balaban J connectivity index is 1.40. The Hall–Kier alpha value is -3.15. The van der Waals surface area contributed by atoms with E-state index in [1.807, 2.05) is 11.0 Å². The van der Waals surface area contributed by atoms with E-state index in [4.69, 9.17) is 4.98 Å². The van der Waals surface area contributed by atoms with Gasteiger partial charge in [-0.2, -0.15) is 0 Å². The van der Waals surface area contributed by atoms with Gasteiger partial charge in [0.1, 0.15) is 17.3 Å². The molecule has 2 aliphatic heterocycles. The minimum absolute atomic E-state index is 0.00363. The van der Waals surface area contributed by atoms with E-state index in [0.29, 0.717) is 24.6 Å². The van der Waals surface area contributed by atoms with Crippen LogP contribution < -0.4 is 4.90 Å². The summed E-state index contributed by atoms with van der Waals surface area (Å²) < 4.78 is 16.1. The molecule has 0 spiro atoms. The van der Waals surface area contributed by atoms with Gasteiger partial charge in [-0.25, -0.2) is 9.37 Å². The monoisotopic (exact) mass is 446 g/mol. The van der Waals surface area contributed by atoms with Crippen molar-refractivity contribution in [1.82, 2.24) is 14.5 Å². The number of aryl methyl sites for hydroxylation is 1. The van der Waals surface area contributed by atoms with Crippen LogP contribution in [-0.2, 0) is 13.0 Å². The fraction of sp³-hybridized carbons (Fsp3) is 0.407. The Kier molecular flexibility index (Phi) is 5.92. The van der Waals surface area contributed by atoms with Crippen LogP contribution in [0.4, 0.5) is 10.1 Å². The Morgan fingerprint density at radius 1 is 0.939 bits per heavy atom. The molecule has 1 amide bonds. The number of hydrogen-bond acceptors (Lipinski definition) is 3. The van der Waals surface area contributed by atoms with Crippen LogP contribution in [0.5, 0.6) is 0 Å². The first kappa shape index (κ1) is 21.7. The fourth-order valence-electron chi connectivity index (χ4n) is 5.12. The zero-order valence-corrected chi connectivity index (χ0v) is 19.5. The lowest BCUT2D eigenvalue weighted by atomic mass is 10.1. The van der Waals surface area contributed by atoms with Gasteiger partial charge in [0, 0.05) is 44.0 Å². The first-order valence-electron chi connectivity index (χ1n) is 12.0. The van der Waals surface area contributed by atoms with E-state index in [2.05, 4.69) is 41.5 Å². The first-order valence-corrected chi connectivity index (χ1v) is 12.0. The number of nitrogens with zero attached hydrogens (tertiary/aromatic N) is 4. The lowest BCUT2D eigenvalue weighted by molar-refractivity contribution is 0.0740. The molecule has 0 atom stereocenters. The highest BCUT2D eigenvalue weighted by Gasteiger charge is 2.30. The molecule has 0 radical (unpaired) electrons. The van der Waals surface area contributed by atoms with Gasteiger partial charge in [-0.3, -0.25) is 4.79 Å². The summed E-state index contributed by atoms with van der Waals surface area (Å²) in [4.78, 5) is 22.7. The number of fused-ring (bicyclic) bond motifs is 1. The first-order chi connectivity index (χ1) is 16.0. The number of hydrogen-bond donors (Lipinski definition) is 0. The SMILES string of the molecule is Cc1cccc(N2CCN(C(=O)c3nc(-c4cccc(F)c4)n4c3CCCCC4)CC2)c1C. The van der Waals surface area contributed by atoms with Gasteiger partial charge >= 0.3 is 0 Å². The van der Waals surface area contributed by atoms with Crippen LogP contribution in [0.25, 0.3) is 11.4 Å². The average Bonchev–Trinajstić information content (AvgIpc) is 3.01.